The standard InChI is InChI=1S/C13H15BrN2O2/c1-13(2,3)18-12(17)16-11(8-15)9-4-6-10(14)7-5-9/h4-7,11H,1-3H3,(H,16,17). The third-order valence-electron chi connectivity index (χ3n) is 1.99. The fraction of sp³-hybridized carbons (Fsp3) is 0.385. The summed E-state index contributed by atoms with van der Waals surface area (Å²) in [5.74, 6) is 0. The van der Waals surface area contributed by atoms with Crippen LogP contribution in [0.4, 0.5) is 4.79 Å². The fourth-order valence-corrected chi connectivity index (χ4v) is 1.54. The lowest BCUT2D eigenvalue weighted by molar-refractivity contribution is 0.0515. The first-order chi connectivity index (χ1) is 8.31. The lowest BCUT2D eigenvalue weighted by Gasteiger charge is -2.21. The van der Waals surface area contributed by atoms with E-state index < -0.39 is 17.7 Å². The smallest absolute Gasteiger partial charge is 0.408 e. The molecule has 1 atom stereocenters. The molecule has 0 bridgehead atoms. The summed E-state index contributed by atoms with van der Waals surface area (Å²) in [6.07, 6.45) is -0.600. The molecule has 0 heterocycles. The van der Waals surface area contributed by atoms with Crippen molar-refractivity contribution in [1.29, 1.82) is 5.26 Å². The van der Waals surface area contributed by atoms with Crippen LogP contribution in [-0.2, 0) is 4.74 Å². The Morgan fingerprint density at radius 2 is 1.94 bits per heavy atom. The number of nitrogens with one attached hydrogen (secondary N) is 1. The predicted molar refractivity (Wildman–Crippen MR) is 71.9 cm³/mol. The van der Waals surface area contributed by atoms with Gasteiger partial charge in [0.2, 0.25) is 0 Å². The van der Waals surface area contributed by atoms with E-state index in [0.717, 1.165) is 4.47 Å². The van der Waals surface area contributed by atoms with E-state index in [1.165, 1.54) is 0 Å². The number of halogens is 1. The van der Waals surface area contributed by atoms with Crippen molar-refractivity contribution < 1.29 is 9.53 Å². The summed E-state index contributed by atoms with van der Waals surface area (Å²) in [6.45, 7) is 5.31. The molecule has 1 N–H and O–H groups in total. The van der Waals surface area contributed by atoms with Crippen LogP contribution in [0.25, 0.3) is 0 Å². The van der Waals surface area contributed by atoms with Gasteiger partial charge in [0.25, 0.3) is 0 Å². The number of benzene rings is 1. The Kier molecular flexibility index (Phi) is 4.74. The summed E-state index contributed by atoms with van der Waals surface area (Å²) in [7, 11) is 0. The summed E-state index contributed by atoms with van der Waals surface area (Å²) in [5.41, 5.74) is 0.135. The first-order valence-corrected chi connectivity index (χ1v) is 6.26. The van der Waals surface area contributed by atoms with Crippen molar-refractivity contribution >= 4 is 22.0 Å². The Labute approximate surface area is 115 Å². The van der Waals surface area contributed by atoms with Crippen molar-refractivity contribution in [3.8, 4) is 6.07 Å². The zero-order valence-corrected chi connectivity index (χ0v) is 12.1. The lowest BCUT2D eigenvalue weighted by Crippen LogP contribution is -2.34. The van der Waals surface area contributed by atoms with Crippen LogP contribution in [0.3, 0.4) is 0 Å². The van der Waals surface area contributed by atoms with Gasteiger partial charge in [0.15, 0.2) is 0 Å². The Morgan fingerprint density at radius 1 is 1.39 bits per heavy atom. The van der Waals surface area contributed by atoms with Crippen molar-refractivity contribution in [3.63, 3.8) is 0 Å². The molecule has 0 fully saturated rings. The van der Waals surface area contributed by atoms with Gasteiger partial charge in [0.05, 0.1) is 6.07 Å². The Balaban J connectivity index is 2.72. The number of carbonyl (C=O) groups excluding carboxylic acids is 1. The summed E-state index contributed by atoms with van der Waals surface area (Å²) in [4.78, 5) is 11.6. The van der Waals surface area contributed by atoms with Gasteiger partial charge in [-0.25, -0.2) is 4.79 Å². The zero-order valence-electron chi connectivity index (χ0n) is 10.5. The second-order valence-electron chi connectivity index (χ2n) is 4.76. The average molecular weight is 311 g/mol. The molecule has 0 spiro atoms. The maximum absolute atomic E-state index is 11.6. The quantitative estimate of drug-likeness (QED) is 0.908. The third kappa shape index (κ3) is 4.76. The summed E-state index contributed by atoms with van der Waals surface area (Å²) in [6, 6.07) is 8.49. The summed E-state index contributed by atoms with van der Waals surface area (Å²) < 4.78 is 6.02. The normalized spacial score (nSPS) is 12.4. The maximum atomic E-state index is 11.6. The number of rotatable bonds is 2. The molecule has 18 heavy (non-hydrogen) atoms. The van der Waals surface area contributed by atoms with Crippen molar-refractivity contribution in [2.45, 2.75) is 32.4 Å². The molecule has 0 aliphatic carbocycles. The van der Waals surface area contributed by atoms with E-state index in [1.807, 2.05) is 18.2 Å². The second kappa shape index (κ2) is 5.87. The molecule has 4 nitrogen and oxygen atoms in total. The molecule has 1 unspecified atom stereocenters. The number of amides is 1. The minimum atomic E-state index is -0.715. The second-order valence-corrected chi connectivity index (χ2v) is 5.68. The van der Waals surface area contributed by atoms with Crippen LogP contribution in [-0.4, -0.2) is 11.7 Å². The Bertz CT molecular complexity index is 457. The molecule has 96 valence electrons. The molecule has 1 rings (SSSR count). The number of nitriles is 1. The van der Waals surface area contributed by atoms with Crippen molar-refractivity contribution in [2.24, 2.45) is 0 Å². The van der Waals surface area contributed by atoms with Gasteiger partial charge in [-0.15, -0.1) is 0 Å². The Morgan fingerprint density at radius 3 is 2.39 bits per heavy atom. The molecule has 0 saturated heterocycles. The van der Waals surface area contributed by atoms with Crippen LogP contribution in [0.1, 0.15) is 32.4 Å². The molecule has 0 radical (unpaired) electrons. The van der Waals surface area contributed by atoms with E-state index in [0.29, 0.717) is 5.56 Å². The molecule has 0 aromatic heterocycles. The summed E-state index contributed by atoms with van der Waals surface area (Å²) in [5, 5.41) is 11.6. The van der Waals surface area contributed by atoms with E-state index in [4.69, 9.17) is 10.00 Å². The van der Waals surface area contributed by atoms with Gasteiger partial charge < -0.3 is 10.1 Å². The van der Waals surface area contributed by atoms with Gasteiger partial charge in [-0.2, -0.15) is 5.26 Å². The molecular weight excluding hydrogens is 296 g/mol. The first kappa shape index (κ1) is 14.5. The summed E-state index contributed by atoms with van der Waals surface area (Å²) >= 11 is 3.31. The zero-order chi connectivity index (χ0) is 13.8. The average Bonchev–Trinajstić information content (AvgIpc) is 2.25. The Hall–Kier alpha value is -1.54. The van der Waals surface area contributed by atoms with Crippen molar-refractivity contribution in [2.75, 3.05) is 0 Å². The van der Waals surface area contributed by atoms with E-state index in [-0.39, 0.29) is 0 Å². The fourth-order valence-electron chi connectivity index (χ4n) is 1.27. The highest BCUT2D eigenvalue weighted by Gasteiger charge is 2.20. The number of nitrogens with zero attached hydrogens (tertiary/aromatic N) is 1. The van der Waals surface area contributed by atoms with Crippen LogP contribution >= 0.6 is 15.9 Å². The molecule has 5 heteroatoms. The maximum Gasteiger partial charge on any atom is 0.408 e. The molecule has 1 amide bonds. The monoisotopic (exact) mass is 310 g/mol. The van der Waals surface area contributed by atoms with Gasteiger partial charge in [-0.3, -0.25) is 0 Å². The SMILES string of the molecule is CC(C)(C)OC(=O)NC(C#N)c1ccc(Br)cc1. The van der Waals surface area contributed by atoms with Crippen molar-refractivity contribution in [3.05, 3.63) is 34.3 Å². The van der Waals surface area contributed by atoms with Gasteiger partial charge in [-0.05, 0) is 38.5 Å². The van der Waals surface area contributed by atoms with E-state index in [1.54, 1.807) is 32.9 Å². The van der Waals surface area contributed by atoms with Crippen LogP contribution in [0.15, 0.2) is 28.7 Å². The highest BCUT2D eigenvalue weighted by atomic mass is 79.9. The number of hydrogen-bond donors (Lipinski definition) is 1. The molecule has 1 aromatic rings. The van der Waals surface area contributed by atoms with Gasteiger partial charge in [0.1, 0.15) is 11.6 Å². The van der Waals surface area contributed by atoms with Crippen LogP contribution in [0.5, 0.6) is 0 Å². The van der Waals surface area contributed by atoms with Gasteiger partial charge in [-0.1, -0.05) is 28.1 Å². The van der Waals surface area contributed by atoms with Gasteiger partial charge >= 0.3 is 6.09 Å². The highest BCUT2D eigenvalue weighted by Crippen LogP contribution is 2.17. The minimum Gasteiger partial charge on any atom is -0.444 e. The van der Waals surface area contributed by atoms with Crippen LogP contribution in [0, 0.1) is 11.3 Å². The van der Waals surface area contributed by atoms with Crippen molar-refractivity contribution in [1.82, 2.24) is 5.32 Å². The number of hydrogen-bond acceptors (Lipinski definition) is 3. The molecule has 0 saturated carbocycles. The van der Waals surface area contributed by atoms with E-state index in [9.17, 15) is 4.79 Å². The minimum absolute atomic E-state index is 0.580. The molecular formula is C13H15BrN2O2. The highest BCUT2D eigenvalue weighted by molar-refractivity contribution is 9.10. The van der Waals surface area contributed by atoms with Crippen LogP contribution < -0.4 is 5.32 Å². The third-order valence-corrected chi connectivity index (χ3v) is 2.52. The number of carbonyl (C=O) groups is 1. The lowest BCUT2D eigenvalue weighted by atomic mass is 10.1. The molecule has 1 aromatic carbocycles. The topological polar surface area (TPSA) is 62.1 Å². The largest absolute Gasteiger partial charge is 0.444 e. The van der Waals surface area contributed by atoms with Crippen LogP contribution in [0.2, 0.25) is 0 Å². The molecule has 0 aliphatic heterocycles. The molecule has 0 aliphatic rings. The van der Waals surface area contributed by atoms with E-state index >= 15 is 0 Å². The number of ether oxygens (including phenoxy) is 1. The number of alkyl carbamates (subject to hydrolysis) is 1. The predicted octanol–water partition coefficient (Wildman–Crippen LogP) is 3.54. The first-order valence-electron chi connectivity index (χ1n) is 5.46. The van der Waals surface area contributed by atoms with Gasteiger partial charge in [0, 0.05) is 4.47 Å². The van der Waals surface area contributed by atoms with E-state index in [2.05, 4.69) is 21.2 Å².